The summed E-state index contributed by atoms with van der Waals surface area (Å²) in [4.78, 5) is 13.9. The molecule has 1 saturated heterocycles. The van der Waals surface area contributed by atoms with Gasteiger partial charge in [0.2, 0.25) is 0 Å². The Bertz CT molecular complexity index is 249. The lowest BCUT2D eigenvalue weighted by atomic mass is 9.76. The van der Waals surface area contributed by atoms with Gasteiger partial charge in [0.1, 0.15) is 0 Å². The second-order valence-electron chi connectivity index (χ2n) is 5.90. The second-order valence-corrected chi connectivity index (χ2v) is 5.90. The normalized spacial score (nSPS) is 26.4. The van der Waals surface area contributed by atoms with E-state index >= 15 is 0 Å². The van der Waals surface area contributed by atoms with Crippen LogP contribution in [0, 0.1) is 11.3 Å². The summed E-state index contributed by atoms with van der Waals surface area (Å²) >= 11 is 0. The van der Waals surface area contributed by atoms with E-state index in [1.807, 2.05) is 0 Å². The van der Waals surface area contributed by atoms with E-state index < -0.39 is 11.4 Å². The molecule has 0 radical (unpaired) electrons. The molecule has 1 unspecified atom stereocenters. The highest BCUT2D eigenvalue weighted by Gasteiger charge is 2.41. The average molecular weight is 241 g/mol. The molecule has 0 aromatic rings. The minimum atomic E-state index is -0.589. The Morgan fingerprint density at radius 1 is 1.47 bits per heavy atom. The maximum atomic E-state index is 11.5. The number of piperidine rings is 1. The largest absolute Gasteiger partial charge is 0.481 e. The fraction of sp³-hybridized carbons (Fsp3) is 0.929. The average Bonchev–Trinajstić information content (AvgIpc) is 2.27. The fourth-order valence-corrected chi connectivity index (χ4v) is 2.82. The molecule has 0 spiro atoms. The van der Waals surface area contributed by atoms with Gasteiger partial charge >= 0.3 is 5.97 Å². The molecule has 3 nitrogen and oxygen atoms in total. The number of aliphatic carboxylic acids is 1. The lowest BCUT2D eigenvalue weighted by Crippen LogP contribution is -2.48. The van der Waals surface area contributed by atoms with Gasteiger partial charge in [-0.1, -0.05) is 27.2 Å². The van der Waals surface area contributed by atoms with Gasteiger partial charge in [0.15, 0.2) is 0 Å². The molecule has 1 heterocycles. The van der Waals surface area contributed by atoms with Crippen LogP contribution in [0.3, 0.4) is 0 Å². The van der Waals surface area contributed by atoms with E-state index in [4.69, 9.17) is 0 Å². The molecule has 0 amide bonds. The maximum absolute atomic E-state index is 11.5. The third-order valence-corrected chi connectivity index (χ3v) is 3.86. The Hall–Kier alpha value is -0.570. The lowest BCUT2D eigenvalue weighted by Gasteiger charge is -2.40. The van der Waals surface area contributed by atoms with Crippen molar-refractivity contribution in [2.45, 2.75) is 52.9 Å². The number of rotatable bonds is 6. The van der Waals surface area contributed by atoms with Crippen molar-refractivity contribution in [1.29, 1.82) is 0 Å². The number of carboxylic acid groups (broad SMARTS) is 1. The Kier molecular flexibility index (Phi) is 5.44. The summed E-state index contributed by atoms with van der Waals surface area (Å²) in [7, 11) is 0. The van der Waals surface area contributed by atoms with Crippen LogP contribution in [0.1, 0.15) is 52.9 Å². The second kappa shape index (κ2) is 6.39. The number of hydrogen-bond donors (Lipinski definition) is 1. The Labute approximate surface area is 105 Å². The highest BCUT2D eigenvalue weighted by Crippen LogP contribution is 2.35. The third-order valence-electron chi connectivity index (χ3n) is 3.86. The van der Waals surface area contributed by atoms with Crippen molar-refractivity contribution in [3.8, 4) is 0 Å². The predicted molar refractivity (Wildman–Crippen MR) is 70.1 cm³/mol. The quantitative estimate of drug-likeness (QED) is 0.777. The van der Waals surface area contributed by atoms with Crippen molar-refractivity contribution in [3.63, 3.8) is 0 Å². The van der Waals surface area contributed by atoms with Gasteiger partial charge in [0, 0.05) is 6.54 Å². The zero-order chi connectivity index (χ0) is 12.9. The first kappa shape index (κ1) is 14.5. The molecule has 0 aliphatic carbocycles. The van der Waals surface area contributed by atoms with E-state index in [1.165, 1.54) is 6.42 Å². The minimum absolute atomic E-state index is 0.468. The smallest absolute Gasteiger partial charge is 0.310 e. The van der Waals surface area contributed by atoms with E-state index in [-0.39, 0.29) is 0 Å². The van der Waals surface area contributed by atoms with Crippen LogP contribution in [-0.2, 0) is 4.79 Å². The van der Waals surface area contributed by atoms with Crippen LogP contribution in [0.2, 0.25) is 0 Å². The molecular weight excluding hydrogens is 214 g/mol. The van der Waals surface area contributed by atoms with Crippen molar-refractivity contribution in [1.82, 2.24) is 4.90 Å². The molecule has 100 valence electrons. The van der Waals surface area contributed by atoms with Crippen LogP contribution in [0.4, 0.5) is 0 Å². The molecule has 0 aromatic carbocycles. The van der Waals surface area contributed by atoms with Gasteiger partial charge in [-0.2, -0.15) is 0 Å². The number of likely N-dealkylation sites (tertiary alicyclic amines) is 1. The summed E-state index contributed by atoms with van der Waals surface area (Å²) < 4.78 is 0. The van der Waals surface area contributed by atoms with E-state index in [2.05, 4.69) is 25.7 Å². The highest BCUT2D eigenvalue weighted by atomic mass is 16.4. The first-order chi connectivity index (χ1) is 8.00. The van der Waals surface area contributed by atoms with Gasteiger partial charge in [-0.25, -0.2) is 0 Å². The zero-order valence-electron chi connectivity index (χ0n) is 11.5. The van der Waals surface area contributed by atoms with Crippen molar-refractivity contribution < 1.29 is 9.90 Å². The van der Waals surface area contributed by atoms with Gasteiger partial charge in [0.05, 0.1) is 5.41 Å². The third kappa shape index (κ3) is 3.98. The van der Waals surface area contributed by atoms with Gasteiger partial charge in [-0.3, -0.25) is 4.79 Å². The molecular formula is C14H27NO2. The van der Waals surface area contributed by atoms with Crippen molar-refractivity contribution >= 4 is 5.97 Å². The number of carbonyl (C=O) groups is 1. The van der Waals surface area contributed by atoms with E-state index in [0.29, 0.717) is 5.92 Å². The summed E-state index contributed by atoms with van der Waals surface area (Å²) in [5.74, 6) is 0.107. The first-order valence-electron chi connectivity index (χ1n) is 6.96. The highest BCUT2D eigenvalue weighted by molar-refractivity contribution is 5.75. The Balaban J connectivity index is 2.58. The molecule has 1 aliphatic rings. The molecule has 17 heavy (non-hydrogen) atoms. The molecule has 1 N–H and O–H groups in total. The standard InChI is InChI=1S/C14H27NO2/c1-4-7-14(13(16)17)8-5-9-15(11-14)10-6-12(2)3/h12H,4-11H2,1-3H3,(H,16,17). The number of carboxylic acids is 1. The molecule has 3 heteroatoms. The molecule has 0 aromatic heterocycles. The van der Waals surface area contributed by atoms with Gasteiger partial charge in [-0.15, -0.1) is 0 Å². The number of nitrogens with zero attached hydrogens (tertiary/aromatic N) is 1. The lowest BCUT2D eigenvalue weighted by molar-refractivity contribution is -0.153. The van der Waals surface area contributed by atoms with E-state index in [1.54, 1.807) is 0 Å². The van der Waals surface area contributed by atoms with Crippen LogP contribution in [-0.4, -0.2) is 35.6 Å². The van der Waals surface area contributed by atoms with E-state index in [0.717, 1.165) is 45.3 Å². The summed E-state index contributed by atoms with van der Waals surface area (Å²) in [6.45, 7) is 9.41. The molecule has 0 bridgehead atoms. The number of hydrogen-bond acceptors (Lipinski definition) is 2. The monoisotopic (exact) mass is 241 g/mol. The molecule has 1 fully saturated rings. The Morgan fingerprint density at radius 3 is 2.71 bits per heavy atom. The molecule has 1 atom stereocenters. The maximum Gasteiger partial charge on any atom is 0.310 e. The van der Waals surface area contributed by atoms with Crippen molar-refractivity contribution in [3.05, 3.63) is 0 Å². The summed E-state index contributed by atoms with van der Waals surface area (Å²) in [6, 6.07) is 0. The van der Waals surface area contributed by atoms with Crippen molar-refractivity contribution in [2.24, 2.45) is 11.3 Å². The zero-order valence-corrected chi connectivity index (χ0v) is 11.5. The molecule has 1 aliphatic heterocycles. The van der Waals surface area contributed by atoms with Crippen LogP contribution in [0.5, 0.6) is 0 Å². The molecule has 1 rings (SSSR count). The SMILES string of the molecule is CCCC1(C(=O)O)CCCN(CCC(C)C)C1. The topological polar surface area (TPSA) is 40.5 Å². The Morgan fingerprint density at radius 2 is 2.18 bits per heavy atom. The van der Waals surface area contributed by atoms with Crippen LogP contribution in [0.25, 0.3) is 0 Å². The summed E-state index contributed by atoms with van der Waals surface area (Å²) in [5, 5.41) is 9.49. The van der Waals surface area contributed by atoms with Gasteiger partial charge in [-0.05, 0) is 44.7 Å². The minimum Gasteiger partial charge on any atom is -0.481 e. The molecule has 0 saturated carbocycles. The first-order valence-corrected chi connectivity index (χ1v) is 6.96. The summed E-state index contributed by atoms with van der Waals surface area (Å²) in [6.07, 6.45) is 4.84. The fourth-order valence-electron chi connectivity index (χ4n) is 2.82. The van der Waals surface area contributed by atoms with E-state index in [9.17, 15) is 9.90 Å². The van der Waals surface area contributed by atoms with Gasteiger partial charge in [0.25, 0.3) is 0 Å². The van der Waals surface area contributed by atoms with Crippen LogP contribution in [0.15, 0.2) is 0 Å². The predicted octanol–water partition coefficient (Wildman–Crippen LogP) is 3.00. The van der Waals surface area contributed by atoms with Gasteiger partial charge < -0.3 is 10.0 Å². The van der Waals surface area contributed by atoms with Crippen LogP contribution < -0.4 is 0 Å². The van der Waals surface area contributed by atoms with Crippen molar-refractivity contribution in [2.75, 3.05) is 19.6 Å². The van der Waals surface area contributed by atoms with Crippen LogP contribution >= 0.6 is 0 Å². The summed E-state index contributed by atoms with van der Waals surface area (Å²) in [5.41, 5.74) is -0.468.